The number of carboxylic acid groups (broad SMARTS) is 1. The van der Waals surface area contributed by atoms with E-state index in [0.29, 0.717) is 47.7 Å². The average molecular weight is 720 g/mol. The molecule has 4 rings (SSSR count). The Morgan fingerprint density at radius 2 is 1.67 bits per heavy atom. The third-order valence-corrected chi connectivity index (χ3v) is 11.1. The van der Waals surface area contributed by atoms with Crippen LogP contribution in [0.1, 0.15) is 102 Å². The fraction of sp³-hybridized carbons (Fsp3) is 0.500. The van der Waals surface area contributed by atoms with Crippen molar-refractivity contribution in [3.8, 4) is 0 Å². The minimum Gasteiger partial charge on any atom is -0.481 e. The number of fused-ring (bicyclic) bond motifs is 1. The summed E-state index contributed by atoms with van der Waals surface area (Å²) in [5.41, 5.74) is 3.42. The lowest BCUT2D eigenvalue weighted by molar-refractivity contribution is -0.176. The maximum absolute atomic E-state index is 14.6. The van der Waals surface area contributed by atoms with Crippen molar-refractivity contribution in [2.45, 2.75) is 91.0 Å². The van der Waals surface area contributed by atoms with Crippen LogP contribution in [0, 0.1) is 5.41 Å². The fourth-order valence-electron chi connectivity index (χ4n) is 6.92. The largest absolute Gasteiger partial charge is 0.481 e. The molecule has 0 atom stereocenters. The Bertz CT molecular complexity index is 1680. The lowest BCUT2D eigenvalue weighted by atomic mass is 9.76. The van der Waals surface area contributed by atoms with Gasteiger partial charge >= 0.3 is 5.97 Å². The summed E-state index contributed by atoms with van der Waals surface area (Å²) in [5, 5.41) is 12.6. The van der Waals surface area contributed by atoms with Crippen LogP contribution in [0.25, 0.3) is 0 Å². The third-order valence-electron chi connectivity index (χ3n) is 10.00. The molecule has 1 heterocycles. The quantitative estimate of drug-likeness (QED) is 0.105. The number of hydrogen-bond donors (Lipinski definition) is 2. The van der Waals surface area contributed by atoms with Crippen molar-refractivity contribution in [3.05, 3.63) is 87.3 Å². The number of Topliss-reactive ketones (excluding diaryl/α,β-unsaturated/α-hetero) is 1. The van der Waals surface area contributed by atoms with E-state index in [1.54, 1.807) is 30.1 Å². The lowest BCUT2D eigenvalue weighted by Gasteiger charge is -2.32. The number of hydrogen-bond acceptors (Lipinski definition) is 8. The number of carboxylic acids is 1. The SMILES string of the molecule is CCC(CC)N(CCN(C)C(=O)CCC(=O)O)Cc1cccc(C(=O)Nc2sc3c(c2C(=O)C(OC)(OC)c2ccccc2)CCC(C)(C)C3)c1. The summed E-state index contributed by atoms with van der Waals surface area (Å²) in [6.45, 7) is 10.3. The molecule has 0 radical (unpaired) electrons. The number of benzene rings is 2. The zero-order chi connectivity index (χ0) is 37.3. The number of rotatable bonds is 18. The van der Waals surface area contributed by atoms with Crippen LogP contribution >= 0.6 is 11.3 Å². The summed E-state index contributed by atoms with van der Waals surface area (Å²) in [4.78, 5) is 57.0. The van der Waals surface area contributed by atoms with Gasteiger partial charge in [0.1, 0.15) is 5.00 Å². The summed E-state index contributed by atoms with van der Waals surface area (Å²) in [5.74, 6) is -3.55. The molecule has 0 aliphatic heterocycles. The minimum atomic E-state index is -1.68. The zero-order valence-corrected chi connectivity index (χ0v) is 31.9. The Balaban J connectivity index is 1.61. The number of nitrogens with zero attached hydrogens (tertiary/aromatic N) is 2. The van der Waals surface area contributed by atoms with Crippen LogP contribution in [0.2, 0.25) is 0 Å². The van der Waals surface area contributed by atoms with Crippen molar-refractivity contribution < 1.29 is 33.8 Å². The Morgan fingerprint density at radius 1 is 0.980 bits per heavy atom. The molecule has 1 aliphatic rings. The van der Waals surface area contributed by atoms with E-state index in [4.69, 9.17) is 14.6 Å². The molecular formula is C40H53N3O7S. The van der Waals surface area contributed by atoms with E-state index in [-0.39, 0.29) is 41.9 Å². The second-order valence-electron chi connectivity index (χ2n) is 14.1. The van der Waals surface area contributed by atoms with E-state index in [1.807, 2.05) is 36.4 Å². The Kier molecular flexibility index (Phi) is 13.7. The molecule has 2 amide bonds. The third kappa shape index (κ3) is 9.51. The number of methoxy groups -OCH3 is 2. The second-order valence-corrected chi connectivity index (χ2v) is 15.2. The molecule has 0 saturated carbocycles. The van der Waals surface area contributed by atoms with Crippen molar-refractivity contribution in [2.75, 3.05) is 39.7 Å². The van der Waals surface area contributed by atoms with Crippen molar-refractivity contribution in [1.82, 2.24) is 9.80 Å². The van der Waals surface area contributed by atoms with Crippen molar-refractivity contribution >= 4 is 39.9 Å². The van der Waals surface area contributed by atoms with E-state index in [2.05, 4.69) is 37.9 Å². The molecule has 3 aromatic rings. The number of thiophene rings is 1. The van der Waals surface area contributed by atoms with Gasteiger partial charge in [0, 0.05) is 69.4 Å². The summed E-state index contributed by atoms with van der Waals surface area (Å²) < 4.78 is 11.7. The molecule has 276 valence electrons. The molecule has 0 unspecified atom stereocenters. The first-order chi connectivity index (χ1) is 24.3. The van der Waals surface area contributed by atoms with E-state index in [0.717, 1.165) is 41.7 Å². The van der Waals surface area contributed by atoms with Gasteiger partial charge in [0.2, 0.25) is 11.7 Å². The second kappa shape index (κ2) is 17.5. The summed E-state index contributed by atoms with van der Waals surface area (Å²) in [6, 6.07) is 16.9. The number of anilines is 1. The molecule has 0 fully saturated rings. The predicted octanol–water partition coefficient (Wildman–Crippen LogP) is 7.16. The molecule has 10 nitrogen and oxygen atoms in total. The van der Waals surface area contributed by atoms with Crippen LogP contribution in [0.15, 0.2) is 54.6 Å². The van der Waals surface area contributed by atoms with Crippen LogP contribution < -0.4 is 5.32 Å². The van der Waals surface area contributed by atoms with Gasteiger partial charge in [0.25, 0.3) is 11.7 Å². The first-order valence-corrected chi connectivity index (χ1v) is 18.6. The van der Waals surface area contributed by atoms with Gasteiger partial charge in [-0.1, -0.05) is 70.2 Å². The molecule has 0 bridgehead atoms. The summed E-state index contributed by atoms with van der Waals surface area (Å²) in [6.07, 6.45) is 4.01. The van der Waals surface area contributed by atoms with Crippen LogP contribution in [-0.4, -0.2) is 78.9 Å². The van der Waals surface area contributed by atoms with Crippen molar-refractivity contribution in [1.29, 1.82) is 0 Å². The van der Waals surface area contributed by atoms with Gasteiger partial charge in [-0.2, -0.15) is 0 Å². The molecule has 2 N–H and O–H groups in total. The van der Waals surface area contributed by atoms with Crippen molar-refractivity contribution in [2.24, 2.45) is 5.41 Å². The Morgan fingerprint density at radius 3 is 2.29 bits per heavy atom. The van der Waals surface area contributed by atoms with Gasteiger partial charge in [-0.25, -0.2) is 0 Å². The van der Waals surface area contributed by atoms with E-state index in [9.17, 15) is 19.2 Å². The number of carbonyl (C=O) groups excluding carboxylic acids is 3. The van der Waals surface area contributed by atoms with Crippen molar-refractivity contribution in [3.63, 3.8) is 0 Å². The van der Waals surface area contributed by atoms with E-state index in [1.165, 1.54) is 25.6 Å². The molecule has 0 spiro atoms. The summed E-state index contributed by atoms with van der Waals surface area (Å²) >= 11 is 1.45. The highest BCUT2D eigenvalue weighted by Gasteiger charge is 2.45. The van der Waals surface area contributed by atoms with Gasteiger partial charge in [-0.05, 0) is 60.8 Å². The van der Waals surface area contributed by atoms with E-state index < -0.39 is 11.8 Å². The number of aliphatic carboxylic acids is 1. The normalized spacial score (nSPS) is 14.0. The smallest absolute Gasteiger partial charge is 0.303 e. The first kappa shape index (κ1) is 39.9. The van der Waals surface area contributed by atoms with Crippen LogP contribution in [0.5, 0.6) is 0 Å². The maximum Gasteiger partial charge on any atom is 0.303 e. The number of carbonyl (C=O) groups is 4. The molecule has 1 aliphatic carbocycles. The number of likely N-dealkylation sites (N-methyl/N-ethyl adjacent to an activating group) is 1. The predicted molar refractivity (Wildman–Crippen MR) is 200 cm³/mol. The minimum absolute atomic E-state index is 0.0313. The van der Waals surface area contributed by atoms with Crippen LogP contribution in [-0.2, 0) is 44.2 Å². The summed E-state index contributed by atoms with van der Waals surface area (Å²) in [7, 11) is 4.62. The monoisotopic (exact) mass is 719 g/mol. The number of amides is 2. The Labute approximate surface area is 306 Å². The van der Waals surface area contributed by atoms with Gasteiger partial charge in [0.15, 0.2) is 0 Å². The molecule has 51 heavy (non-hydrogen) atoms. The fourth-order valence-corrected chi connectivity index (χ4v) is 8.41. The number of ether oxygens (including phenoxy) is 2. The average Bonchev–Trinajstić information content (AvgIpc) is 3.46. The molecule has 1 aromatic heterocycles. The highest BCUT2D eigenvalue weighted by molar-refractivity contribution is 7.17. The standard InChI is InChI=1S/C40H53N3O7S/c1-8-30(9-2)43(23-22-42(5)33(44)18-19-34(45)46)26-27-14-13-15-28(24-27)37(48)41-38-35(31-20-21-39(3,4)25-32(31)51-38)36(47)40(49-6,50-7)29-16-11-10-12-17-29/h10-17,24,30H,8-9,18-23,25-26H2,1-7H3,(H,41,48)(H,45,46). The van der Waals surface area contributed by atoms with Crippen LogP contribution in [0.4, 0.5) is 5.00 Å². The number of nitrogens with one attached hydrogen (secondary N) is 1. The zero-order valence-electron chi connectivity index (χ0n) is 31.0. The first-order valence-electron chi connectivity index (χ1n) is 17.7. The van der Waals surface area contributed by atoms with E-state index >= 15 is 0 Å². The topological polar surface area (TPSA) is 125 Å². The lowest BCUT2D eigenvalue weighted by Crippen LogP contribution is -2.41. The molecular weight excluding hydrogens is 667 g/mol. The maximum atomic E-state index is 14.6. The Hall–Kier alpha value is -3.90. The van der Waals surface area contributed by atoms with Gasteiger partial charge in [-0.15, -0.1) is 11.3 Å². The van der Waals surface area contributed by atoms with Gasteiger partial charge in [0.05, 0.1) is 12.0 Å². The number of ketones is 1. The highest BCUT2D eigenvalue weighted by atomic mass is 32.1. The van der Waals surface area contributed by atoms with Crippen LogP contribution in [0.3, 0.4) is 0 Å². The molecule has 11 heteroatoms. The molecule has 0 saturated heterocycles. The highest BCUT2D eigenvalue weighted by Crippen LogP contribution is 2.46. The molecule has 2 aromatic carbocycles. The van der Waals surface area contributed by atoms with Gasteiger partial charge < -0.3 is 24.8 Å². The van der Waals surface area contributed by atoms with Gasteiger partial charge in [-0.3, -0.25) is 24.1 Å².